The van der Waals surface area contributed by atoms with Crippen molar-refractivity contribution in [3.05, 3.63) is 24.5 Å². The van der Waals surface area contributed by atoms with Crippen LogP contribution in [-0.2, 0) is 4.74 Å². The van der Waals surface area contributed by atoms with Crippen LogP contribution < -0.4 is 0 Å². The van der Waals surface area contributed by atoms with Gasteiger partial charge in [-0.25, -0.2) is 0 Å². The number of unbranched alkanes of at least 4 members (excludes halogenated alkanes) is 2. The van der Waals surface area contributed by atoms with Gasteiger partial charge in [-0.1, -0.05) is 31.9 Å². The van der Waals surface area contributed by atoms with Crippen LogP contribution in [0.4, 0.5) is 0 Å². The lowest BCUT2D eigenvalue weighted by molar-refractivity contribution is 0.0384. The molecule has 0 aliphatic carbocycles. The van der Waals surface area contributed by atoms with E-state index in [1.54, 1.807) is 6.08 Å². The zero-order valence-corrected chi connectivity index (χ0v) is 8.72. The molecule has 0 amide bonds. The summed E-state index contributed by atoms with van der Waals surface area (Å²) in [5, 5.41) is 17.4. The average molecular weight is 200 g/mol. The minimum Gasteiger partial charge on any atom is -0.498 e. The van der Waals surface area contributed by atoms with Gasteiger partial charge in [-0.3, -0.25) is 0 Å². The third kappa shape index (κ3) is 9.29. The highest BCUT2D eigenvalue weighted by atomic mass is 16.5. The van der Waals surface area contributed by atoms with Crippen molar-refractivity contribution in [2.75, 3.05) is 13.2 Å². The van der Waals surface area contributed by atoms with Crippen molar-refractivity contribution in [2.45, 2.75) is 32.3 Å². The van der Waals surface area contributed by atoms with Gasteiger partial charge >= 0.3 is 0 Å². The maximum absolute atomic E-state index is 8.90. The summed E-state index contributed by atoms with van der Waals surface area (Å²) in [5.74, 6) is 0. The molecule has 3 heteroatoms. The van der Waals surface area contributed by atoms with Crippen LogP contribution in [0.1, 0.15) is 26.2 Å². The van der Waals surface area contributed by atoms with Gasteiger partial charge in [-0.2, -0.15) is 0 Å². The quantitative estimate of drug-likeness (QED) is 0.355. The van der Waals surface area contributed by atoms with E-state index >= 15 is 0 Å². The molecule has 2 N–H and O–H groups in total. The maximum Gasteiger partial charge on any atom is 0.115 e. The number of aliphatic hydroxyl groups is 2. The number of hydrogen-bond donors (Lipinski definition) is 2. The lowest BCUT2D eigenvalue weighted by Gasteiger charge is -2.04. The second-order valence-corrected chi connectivity index (χ2v) is 3.07. The Morgan fingerprint density at radius 1 is 1.36 bits per heavy atom. The minimum absolute atomic E-state index is 0.135. The van der Waals surface area contributed by atoms with Gasteiger partial charge in [-0.15, -0.1) is 0 Å². The molecule has 0 fully saturated rings. The fourth-order valence-electron chi connectivity index (χ4n) is 0.817. The topological polar surface area (TPSA) is 49.7 Å². The van der Waals surface area contributed by atoms with Crippen LogP contribution in [0.5, 0.6) is 0 Å². The lowest BCUT2D eigenvalue weighted by atomic mass is 10.2. The van der Waals surface area contributed by atoms with Crippen molar-refractivity contribution in [2.24, 2.45) is 0 Å². The van der Waals surface area contributed by atoms with E-state index in [9.17, 15) is 0 Å². The summed E-state index contributed by atoms with van der Waals surface area (Å²) in [4.78, 5) is 0. The van der Waals surface area contributed by atoms with Gasteiger partial charge in [0.2, 0.25) is 0 Å². The van der Waals surface area contributed by atoms with E-state index < -0.39 is 6.10 Å². The molecule has 0 saturated heterocycles. The highest BCUT2D eigenvalue weighted by Crippen LogP contribution is 1.95. The van der Waals surface area contributed by atoms with Gasteiger partial charge in [0.05, 0.1) is 12.9 Å². The normalized spacial score (nSPS) is 13.9. The molecule has 0 aromatic heterocycles. The largest absolute Gasteiger partial charge is 0.498 e. The zero-order chi connectivity index (χ0) is 10.6. The first kappa shape index (κ1) is 13.2. The fourth-order valence-corrected chi connectivity index (χ4v) is 0.817. The van der Waals surface area contributed by atoms with Crippen LogP contribution >= 0.6 is 0 Å². The summed E-state index contributed by atoms with van der Waals surface area (Å²) in [6.45, 7) is 2.03. The van der Waals surface area contributed by atoms with Crippen molar-refractivity contribution in [3.8, 4) is 0 Å². The second kappa shape index (κ2) is 10.3. The Morgan fingerprint density at radius 2 is 2.14 bits per heavy atom. The Kier molecular flexibility index (Phi) is 9.69. The molecule has 0 aliphatic heterocycles. The maximum atomic E-state index is 8.90. The molecule has 0 spiro atoms. The molecule has 14 heavy (non-hydrogen) atoms. The fraction of sp³-hybridized carbons (Fsp3) is 0.636. The van der Waals surface area contributed by atoms with Gasteiger partial charge < -0.3 is 14.9 Å². The Hall–Kier alpha value is -0.800. The molecule has 0 rings (SSSR count). The van der Waals surface area contributed by atoms with Crippen molar-refractivity contribution >= 4 is 0 Å². The van der Waals surface area contributed by atoms with Crippen LogP contribution in [0.25, 0.3) is 0 Å². The van der Waals surface area contributed by atoms with Crippen LogP contribution in [0.2, 0.25) is 0 Å². The van der Waals surface area contributed by atoms with E-state index in [4.69, 9.17) is 14.9 Å². The molecule has 0 aromatic rings. The molecule has 0 aromatic carbocycles. The molecule has 1 atom stereocenters. The highest BCUT2D eigenvalue weighted by molar-refractivity contribution is 4.99. The van der Waals surface area contributed by atoms with E-state index in [0.717, 1.165) is 6.42 Å². The van der Waals surface area contributed by atoms with Crippen molar-refractivity contribution in [3.63, 3.8) is 0 Å². The number of rotatable bonds is 8. The highest BCUT2D eigenvalue weighted by Gasteiger charge is 1.98. The predicted molar refractivity (Wildman–Crippen MR) is 56.8 cm³/mol. The number of aliphatic hydroxyl groups excluding tert-OH is 2. The van der Waals surface area contributed by atoms with Gasteiger partial charge in [0.15, 0.2) is 0 Å². The standard InChI is InChI=1S/C11H20O3/c1-2-3-4-5-6-7-8-14-10-11(13)9-12/h5-8,11-13H,2-4,9-10H2,1H3. The van der Waals surface area contributed by atoms with E-state index in [-0.39, 0.29) is 13.2 Å². The zero-order valence-electron chi connectivity index (χ0n) is 8.72. The molecule has 0 radical (unpaired) electrons. The van der Waals surface area contributed by atoms with E-state index in [0.29, 0.717) is 0 Å². The molecule has 3 nitrogen and oxygen atoms in total. The van der Waals surface area contributed by atoms with E-state index in [1.807, 2.05) is 6.08 Å². The minimum atomic E-state index is -0.788. The Bertz CT molecular complexity index is 164. The van der Waals surface area contributed by atoms with Crippen molar-refractivity contribution < 1.29 is 14.9 Å². The lowest BCUT2D eigenvalue weighted by Crippen LogP contribution is -2.17. The molecule has 82 valence electrons. The van der Waals surface area contributed by atoms with Crippen molar-refractivity contribution in [1.82, 2.24) is 0 Å². The molecule has 0 heterocycles. The Labute approximate surface area is 85.7 Å². The summed E-state index contributed by atoms with van der Waals surface area (Å²) >= 11 is 0. The summed E-state index contributed by atoms with van der Waals surface area (Å²) in [5.41, 5.74) is 0. The van der Waals surface area contributed by atoms with Gasteiger partial charge in [-0.05, 0) is 12.5 Å². The average Bonchev–Trinajstić information content (AvgIpc) is 2.21. The number of allylic oxidation sites excluding steroid dienone is 3. The third-order valence-corrected chi connectivity index (χ3v) is 1.65. The SMILES string of the molecule is CCCCC=CC=COCC(O)CO. The van der Waals surface area contributed by atoms with Crippen molar-refractivity contribution in [1.29, 1.82) is 0 Å². The van der Waals surface area contributed by atoms with Crippen LogP contribution in [-0.4, -0.2) is 29.5 Å². The van der Waals surface area contributed by atoms with Gasteiger partial charge in [0, 0.05) is 0 Å². The van der Waals surface area contributed by atoms with Gasteiger partial charge in [0.1, 0.15) is 12.7 Å². The molecule has 0 bridgehead atoms. The molecule has 0 saturated carbocycles. The summed E-state index contributed by atoms with van der Waals surface area (Å²) in [6, 6.07) is 0. The smallest absolute Gasteiger partial charge is 0.115 e. The summed E-state index contributed by atoms with van der Waals surface area (Å²) in [6.07, 6.45) is 9.99. The Balaban J connectivity index is 3.30. The number of hydrogen-bond acceptors (Lipinski definition) is 3. The van der Waals surface area contributed by atoms with Crippen LogP contribution in [0, 0.1) is 0 Å². The molecular weight excluding hydrogens is 180 g/mol. The third-order valence-electron chi connectivity index (χ3n) is 1.65. The molecule has 0 aliphatic rings. The predicted octanol–water partition coefficient (Wildman–Crippen LogP) is 1.62. The monoisotopic (exact) mass is 200 g/mol. The van der Waals surface area contributed by atoms with E-state index in [2.05, 4.69) is 13.0 Å². The molecule has 1 unspecified atom stereocenters. The van der Waals surface area contributed by atoms with Gasteiger partial charge in [0.25, 0.3) is 0 Å². The number of ether oxygens (including phenoxy) is 1. The molecular formula is C11H20O3. The Morgan fingerprint density at radius 3 is 2.79 bits per heavy atom. The summed E-state index contributed by atoms with van der Waals surface area (Å²) in [7, 11) is 0. The van der Waals surface area contributed by atoms with E-state index in [1.165, 1.54) is 19.1 Å². The first-order valence-corrected chi connectivity index (χ1v) is 5.03. The second-order valence-electron chi connectivity index (χ2n) is 3.07. The first-order chi connectivity index (χ1) is 6.81. The summed E-state index contributed by atoms with van der Waals surface area (Å²) < 4.78 is 4.95. The van der Waals surface area contributed by atoms with Crippen LogP contribution in [0.3, 0.4) is 0 Å². The van der Waals surface area contributed by atoms with Crippen LogP contribution in [0.15, 0.2) is 24.5 Å². The first-order valence-electron chi connectivity index (χ1n) is 5.03.